The maximum absolute atomic E-state index is 11.9. The smallest absolute Gasteiger partial charge is 0.337 e. The zero-order chi connectivity index (χ0) is 15.2. The number of esters is 1. The normalized spacial score (nSPS) is 10.6. The van der Waals surface area contributed by atoms with Crippen LogP contribution in [0.3, 0.4) is 0 Å². The van der Waals surface area contributed by atoms with Crippen LogP contribution in [0.2, 0.25) is 5.02 Å². The van der Waals surface area contributed by atoms with E-state index in [1.165, 1.54) is 13.2 Å². The molecule has 21 heavy (non-hydrogen) atoms. The molecule has 0 saturated carbocycles. The molecule has 0 fully saturated rings. The van der Waals surface area contributed by atoms with Gasteiger partial charge in [-0.25, -0.2) is 4.79 Å². The summed E-state index contributed by atoms with van der Waals surface area (Å²) in [5.74, 6) is -0.494. The molecule has 106 valence electrons. The number of carbonyl (C=O) groups is 2. The Labute approximate surface area is 127 Å². The molecule has 0 aliphatic rings. The Hall–Kier alpha value is -2.39. The number of hydrogen-bond acceptors (Lipinski definition) is 3. The van der Waals surface area contributed by atoms with Gasteiger partial charge in [0.05, 0.1) is 12.7 Å². The maximum atomic E-state index is 11.9. The molecule has 2 aromatic rings. The van der Waals surface area contributed by atoms with Crippen LogP contribution in [0.4, 0.5) is 0 Å². The van der Waals surface area contributed by atoms with E-state index in [2.05, 4.69) is 4.74 Å². The largest absolute Gasteiger partial charge is 0.465 e. The van der Waals surface area contributed by atoms with Crippen molar-refractivity contribution in [3.63, 3.8) is 0 Å². The lowest BCUT2D eigenvalue weighted by Crippen LogP contribution is -2.00. The van der Waals surface area contributed by atoms with Crippen molar-refractivity contribution in [3.05, 3.63) is 76.3 Å². The lowest BCUT2D eigenvalue weighted by Gasteiger charge is -1.99. The lowest BCUT2D eigenvalue weighted by atomic mass is 10.1. The highest BCUT2D eigenvalue weighted by molar-refractivity contribution is 6.30. The van der Waals surface area contributed by atoms with Gasteiger partial charge in [0.1, 0.15) is 0 Å². The number of methoxy groups -OCH3 is 1. The number of ketones is 1. The van der Waals surface area contributed by atoms with Crippen molar-refractivity contribution in [2.45, 2.75) is 0 Å². The van der Waals surface area contributed by atoms with E-state index in [1.807, 2.05) is 0 Å². The molecule has 3 nitrogen and oxygen atoms in total. The van der Waals surface area contributed by atoms with E-state index in [0.717, 1.165) is 5.56 Å². The second kappa shape index (κ2) is 6.86. The van der Waals surface area contributed by atoms with Crippen LogP contribution in [0, 0.1) is 0 Å². The first-order chi connectivity index (χ1) is 10.1. The third-order valence-electron chi connectivity index (χ3n) is 2.89. The second-order valence-corrected chi connectivity index (χ2v) is 4.75. The zero-order valence-corrected chi connectivity index (χ0v) is 12.1. The van der Waals surface area contributed by atoms with Crippen LogP contribution in [-0.4, -0.2) is 18.9 Å². The Morgan fingerprint density at radius 3 is 2.10 bits per heavy atom. The highest BCUT2D eigenvalue weighted by Crippen LogP contribution is 2.12. The van der Waals surface area contributed by atoms with Gasteiger partial charge in [-0.15, -0.1) is 0 Å². The van der Waals surface area contributed by atoms with Crippen molar-refractivity contribution >= 4 is 29.4 Å². The predicted octanol–water partition coefficient (Wildman–Crippen LogP) is 4.02. The number of allylic oxidation sites excluding steroid dienone is 1. The van der Waals surface area contributed by atoms with Gasteiger partial charge in [0.25, 0.3) is 0 Å². The minimum atomic E-state index is -0.386. The number of hydrogen-bond donors (Lipinski definition) is 0. The average Bonchev–Trinajstić information content (AvgIpc) is 2.53. The molecule has 0 saturated heterocycles. The molecule has 0 atom stereocenters. The summed E-state index contributed by atoms with van der Waals surface area (Å²) in [6, 6.07) is 13.5. The van der Waals surface area contributed by atoms with Gasteiger partial charge in [-0.3, -0.25) is 4.79 Å². The number of halogens is 1. The van der Waals surface area contributed by atoms with Crippen LogP contribution < -0.4 is 0 Å². The van der Waals surface area contributed by atoms with Crippen LogP contribution in [0.25, 0.3) is 6.08 Å². The van der Waals surface area contributed by atoms with Gasteiger partial charge in [0.15, 0.2) is 5.78 Å². The highest BCUT2D eigenvalue weighted by Gasteiger charge is 2.04. The molecular weight excluding hydrogens is 288 g/mol. The minimum absolute atomic E-state index is 0.108. The predicted molar refractivity (Wildman–Crippen MR) is 82.6 cm³/mol. The number of benzene rings is 2. The maximum Gasteiger partial charge on any atom is 0.337 e. The molecule has 4 heteroatoms. The van der Waals surface area contributed by atoms with Crippen LogP contribution in [0.15, 0.2) is 54.6 Å². The quantitative estimate of drug-likeness (QED) is 0.486. The van der Waals surface area contributed by atoms with Gasteiger partial charge in [0.2, 0.25) is 0 Å². The molecule has 2 rings (SSSR count). The summed E-state index contributed by atoms with van der Waals surface area (Å²) in [7, 11) is 1.33. The number of carbonyl (C=O) groups excluding carboxylic acids is 2. The van der Waals surface area contributed by atoms with Crippen molar-refractivity contribution in [2.75, 3.05) is 7.11 Å². The van der Waals surface area contributed by atoms with Gasteiger partial charge >= 0.3 is 5.97 Å². The van der Waals surface area contributed by atoms with E-state index >= 15 is 0 Å². The highest BCUT2D eigenvalue weighted by atomic mass is 35.5. The molecule has 0 bridgehead atoms. The third-order valence-corrected chi connectivity index (χ3v) is 3.14. The monoisotopic (exact) mass is 300 g/mol. The standard InChI is InChI=1S/C17H13ClO3/c1-21-17(20)14-5-2-12(3-6-14)4-11-16(19)13-7-9-15(18)10-8-13/h2-11H,1H3. The summed E-state index contributed by atoms with van der Waals surface area (Å²) in [6.07, 6.45) is 3.17. The summed E-state index contributed by atoms with van der Waals surface area (Å²) in [6.45, 7) is 0. The molecule has 0 spiro atoms. The molecule has 0 aromatic heterocycles. The fraction of sp³-hybridized carbons (Fsp3) is 0.0588. The van der Waals surface area contributed by atoms with E-state index in [9.17, 15) is 9.59 Å². The van der Waals surface area contributed by atoms with Gasteiger partial charge in [-0.05, 0) is 48.0 Å². The Bertz CT molecular complexity index is 670. The summed E-state index contributed by atoms with van der Waals surface area (Å²) < 4.78 is 4.62. The van der Waals surface area contributed by atoms with Crippen molar-refractivity contribution in [2.24, 2.45) is 0 Å². The molecular formula is C17H13ClO3. The first-order valence-corrected chi connectivity index (χ1v) is 6.64. The van der Waals surface area contributed by atoms with Gasteiger partial charge in [0, 0.05) is 10.6 Å². The molecule has 2 aromatic carbocycles. The van der Waals surface area contributed by atoms with Gasteiger partial charge in [-0.1, -0.05) is 29.8 Å². The molecule has 0 amide bonds. The van der Waals surface area contributed by atoms with Crippen LogP contribution in [0.5, 0.6) is 0 Å². The number of rotatable bonds is 4. The Balaban J connectivity index is 2.08. The van der Waals surface area contributed by atoms with E-state index in [0.29, 0.717) is 16.1 Å². The van der Waals surface area contributed by atoms with Gasteiger partial charge in [-0.2, -0.15) is 0 Å². The van der Waals surface area contributed by atoms with E-state index in [4.69, 9.17) is 11.6 Å². The van der Waals surface area contributed by atoms with E-state index in [1.54, 1.807) is 54.6 Å². The summed E-state index contributed by atoms with van der Waals surface area (Å²) in [5.41, 5.74) is 1.87. The molecule has 0 heterocycles. The molecule has 0 aliphatic heterocycles. The molecule has 0 radical (unpaired) electrons. The second-order valence-electron chi connectivity index (χ2n) is 4.32. The summed E-state index contributed by atoms with van der Waals surface area (Å²) in [5, 5.41) is 0.592. The SMILES string of the molecule is COC(=O)c1ccc(C=CC(=O)c2ccc(Cl)cc2)cc1. The topological polar surface area (TPSA) is 43.4 Å². The van der Waals surface area contributed by atoms with Crippen molar-refractivity contribution in [1.29, 1.82) is 0 Å². The van der Waals surface area contributed by atoms with Crippen LogP contribution in [0.1, 0.15) is 26.3 Å². The Morgan fingerprint density at radius 2 is 1.52 bits per heavy atom. The minimum Gasteiger partial charge on any atom is -0.465 e. The van der Waals surface area contributed by atoms with E-state index in [-0.39, 0.29) is 11.8 Å². The fourth-order valence-corrected chi connectivity index (χ4v) is 1.86. The summed E-state index contributed by atoms with van der Waals surface area (Å²) in [4.78, 5) is 23.2. The third kappa shape index (κ3) is 4.04. The fourth-order valence-electron chi connectivity index (χ4n) is 1.73. The lowest BCUT2D eigenvalue weighted by molar-refractivity contribution is 0.0600. The van der Waals surface area contributed by atoms with Crippen LogP contribution in [-0.2, 0) is 4.74 Å². The first kappa shape index (κ1) is 15.0. The van der Waals surface area contributed by atoms with E-state index < -0.39 is 0 Å². The summed E-state index contributed by atoms with van der Waals surface area (Å²) >= 11 is 5.77. The average molecular weight is 301 g/mol. The molecule has 0 aliphatic carbocycles. The zero-order valence-electron chi connectivity index (χ0n) is 11.4. The van der Waals surface area contributed by atoms with Gasteiger partial charge < -0.3 is 4.74 Å². The molecule has 0 N–H and O–H groups in total. The number of ether oxygens (including phenoxy) is 1. The van der Waals surface area contributed by atoms with Crippen molar-refractivity contribution in [3.8, 4) is 0 Å². The first-order valence-electron chi connectivity index (χ1n) is 6.26. The Morgan fingerprint density at radius 1 is 0.952 bits per heavy atom. The molecule has 0 unspecified atom stereocenters. The van der Waals surface area contributed by atoms with Crippen LogP contribution >= 0.6 is 11.6 Å². The van der Waals surface area contributed by atoms with Crippen molar-refractivity contribution in [1.82, 2.24) is 0 Å². The Kier molecular flexibility index (Phi) is 4.90. The van der Waals surface area contributed by atoms with Crippen molar-refractivity contribution < 1.29 is 14.3 Å².